The third kappa shape index (κ3) is 5.41. The second-order valence-corrected chi connectivity index (χ2v) is 6.43. The van der Waals surface area contributed by atoms with Crippen molar-refractivity contribution in [2.24, 2.45) is 0 Å². The standard InChI is InChI=1S/C21H25ClN2O/c1-3-5-12-24(13-6-4-2)20-15-17(16-23)14-19(22)21(20)25-18-10-8-7-9-11-18/h7-11,14-15H,3-6,12-13H2,1-2H3. The molecule has 3 nitrogen and oxygen atoms in total. The quantitative estimate of drug-likeness (QED) is 0.520. The lowest BCUT2D eigenvalue weighted by Crippen LogP contribution is -2.26. The molecule has 2 aromatic carbocycles. The van der Waals surface area contributed by atoms with Crippen molar-refractivity contribution >= 4 is 17.3 Å². The summed E-state index contributed by atoms with van der Waals surface area (Å²) in [5, 5.41) is 9.80. The Kier molecular flexibility index (Phi) is 7.63. The number of ether oxygens (including phenoxy) is 1. The molecule has 0 bridgehead atoms. The molecular formula is C21H25ClN2O. The molecule has 0 aromatic heterocycles. The highest BCUT2D eigenvalue weighted by Gasteiger charge is 2.18. The van der Waals surface area contributed by atoms with Crippen LogP contribution in [0.5, 0.6) is 11.5 Å². The first kappa shape index (κ1) is 19.1. The van der Waals surface area contributed by atoms with E-state index in [1.54, 1.807) is 6.07 Å². The normalized spacial score (nSPS) is 10.3. The Morgan fingerprint density at radius 2 is 1.68 bits per heavy atom. The van der Waals surface area contributed by atoms with Crippen LogP contribution in [0, 0.1) is 11.3 Å². The summed E-state index contributed by atoms with van der Waals surface area (Å²) in [6, 6.07) is 15.4. The molecule has 0 heterocycles. The second kappa shape index (κ2) is 9.96. The smallest absolute Gasteiger partial charge is 0.169 e. The van der Waals surface area contributed by atoms with E-state index in [1.165, 1.54) is 0 Å². The molecule has 4 heteroatoms. The first-order valence-electron chi connectivity index (χ1n) is 8.91. The number of nitrogens with zero attached hydrogens (tertiary/aromatic N) is 2. The predicted octanol–water partition coefficient (Wildman–Crippen LogP) is 6.41. The molecule has 2 rings (SSSR count). The van der Waals surface area contributed by atoms with Gasteiger partial charge >= 0.3 is 0 Å². The first-order valence-corrected chi connectivity index (χ1v) is 9.28. The van der Waals surface area contributed by atoms with Gasteiger partial charge in [0.15, 0.2) is 5.75 Å². The summed E-state index contributed by atoms with van der Waals surface area (Å²) < 4.78 is 6.10. The number of unbranched alkanes of at least 4 members (excludes halogenated alkanes) is 2. The van der Waals surface area contributed by atoms with Crippen molar-refractivity contribution in [3.63, 3.8) is 0 Å². The Labute approximate surface area is 155 Å². The zero-order valence-electron chi connectivity index (χ0n) is 15.0. The number of para-hydroxylation sites is 1. The summed E-state index contributed by atoms with van der Waals surface area (Å²) in [5.41, 5.74) is 1.45. The van der Waals surface area contributed by atoms with Crippen molar-refractivity contribution in [2.75, 3.05) is 18.0 Å². The van der Waals surface area contributed by atoms with Gasteiger partial charge in [-0.15, -0.1) is 0 Å². The lowest BCUT2D eigenvalue weighted by atomic mass is 10.1. The van der Waals surface area contributed by atoms with Crippen molar-refractivity contribution in [3.05, 3.63) is 53.1 Å². The second-order valence-electron chi connectivity index (χ2n) is 6.03. The molecule has 0 aliphatic rings. The van der Waals surface area contributed by atoms with Crippen molar-refractivity contribution in [3.8, 4) is 17.6 Å². The monoisotopic (exact) mass is 356 g/mol. The summed E-state index contributed by atoms with van der Waals surface area (Å²) >= 11 is 6.47. The average Bonchev–Trinajstić information content (AvgIpc) is 2.64. The van der Waals surface area contributed by atoms with Gasteiger partial charge < -0.3 is 9.64 Å². The van der Waals surface area contributed by atoms with Gasteiger partial charge in [0.25, 0.3) is 0 Å². The van der Waals surface area contributed by atoms with Crippen molar-refractivity contribution in [1.29, 1.82) is 5.26 Å². The summed E-state index contributed by atoms with van der Waals surface area (Å²) in [7, 11) is 0. The van der Waals surface area contributed by atoms with Gasteiger partial charge in [0.2, 0.25) is 0 Å². The number of nitriles is 1. The van der Waals surface area contributed by atoms with Crippen molar-refractivity contribution in [2.45, 2.75) is 39.5 Å². The fourth-order valence-electron chi connectivity index (χ4n) is 2.64. The lowest BCUT2D eigenvalue weighted by Gasteiger charge is -2.27. The van der Waals surface area contributed by atoms with Gasteiger partial charge in [-0.05, 0) is 37.1 Å². The molecule has 0 saturated heterocycles. The van der Waals surface area contributed by atoms with Crippen LogP contribution in [-0.4, -0.2) is 13.1 Å². The van der Waals surface area contributed by atoms with Gasteiger partial charge in [0, 0.05) is 13.1 Å². The molecule has 0 atom stereocenters. The SMILES string of the molecule is CCCCN(CCCC)c1cc(C#N)cc(Cl)c1Oc1ccccc1. The molecule has 0 aliphatic carbocycles. The molecule has 0 radical (unpaired) electrons. The minimum atomic E-state index is 0.468. The van der Waals surface area contributed by atoms with Crippen LogP contribution in [0.25, 0.3) is 0 Å². The molecule has 2 aromatic rings. The zero-order chi connectivity index (χ0) is 18.1. The van der Waals surface area contributed by atoms with Crippen LogP contribution in [-0.2, 0) is 0 Å². The number of halogens is 1. The van der Waals surface area contributed by atoms with E-state index in [9.17, 15) is 5.26 Å². The number of benzene rings is 2. The highest BCUT2D eigenvalue weighted by atomic mass is 35.5. The topological polar surface area (TPSA) is 36.3 Å². The minimum absolute atomic E-state index is 0.468. The van der Waals surface area contributed by atoms with Crippen LogP contribution >= 0.6 is 11.6 Å². The average molecular weight is 357 g/mol. The van der Waals surface area contributed by atoms with Gasteiger partial charge in [-0.2, -0.15) is 5.26 Å². The van der Waals surface area contributed by atoms with E-state index >= 15 is 0 Å². The largest absolute Gasteiger partial charge is 0.454 e. The molecule has 0 unspecified atom stereocenters. The van der Waals surface area contributed by atoms with E-state index in [2.05, 4.69) is 24.8 Å². The third-order valence-electron chi connectivity index (χ3n) is 4.02. The summed E-state index contributed by atoms with van der Waals surface area (Å²) in [6.45, 7) is 6.20. The Morgan fingerprint density at radius 1 is 1.04 bits per heavy atom. The van der Waals surface area contributed by atoms with E-state index in [1.807, 2.05) is 36.4 Å². The Hall–Kier alpha value is -2.18. The molecule has 0 N–H and O–H groups in total. The maximum absolute atomic E-state index is 9.33. The summed E-state index contributed by atoms with van der Waals surface area (Å²) in [5.74, 6) is 1.36. The maximum atomic E-state index is 9.33. The van der Waals surface area contributed by atoms with Crippen molar-refractivity contribution in [1.82, 2.24) is 0 Å². The van der Waals surface area contributed by atoms with E-state index in [4.69, 9.17) is 16.3 Å². The Bertz CT molecular complexity index is 702. The molecule has 132 valence electrons. The maximum Gasteiger partial charge on any atom is 0.169 e. The Morgan fingerprint density at radius 3 is 2.24 bits per heavy atom. The summed E-state index contributed by atoms with van der Waals surface area (Å²) in [4.78, 5) is 2.29. The van der Waals surface area contributed by atoms with Crippen LogP contribution in [0.3, 0.4) is 0 Å². The predicted molar refractivity (Wildman–Crippen MR) is 105 cm³/mol. The van der Waals surface area contributed by atoms with E-state index in [0.29, 0.717) is 16.3 Å². The van der Waals surface area contributed by atoms with Crippen molar-refractivity contribution < 1.29 is 4.74 Å². The van der Waals surface area contributed by atoms with Gasteiger partial charge in [-0.25, -0.2) is 0 Å². The van der Waals surface area contributed by atoms with Gasteiger partial charge in [0.05, 0.1) is 22.3 Å². The fourth-order valence-corrected chi connectivity index (χ4v) is 2.89. The van der Waals surface area contributed by atoms with Gasteiger partial charge in [-0.3, -0.25) is 0 Å². The summed E-state index contributed by atoms with van der Waals surface area (Å²) in [6.07, 6.45) is 4.40. The molecule has 0 aliphatic heterocycles. The van der Waals surface area contributed by atoms with Crippen LogP contribution in [0.2, 0.25) is 5.02 Å². The highest BCUT2D eigenvalue weighted by molar-refractivity contribution is 6.32. The van der Waals surface area contributed by atoms with E-state index < -0.39 is 0 Å². The third-order valence-corrected chi connectivity index (χ3v) is 4.30. The zero-order valence-corrected chi connectivity index (χ0v) is 15.7. The van der Waals surface area contributed by atoms with E-state index in [-0.39, 0.29) is 0 Å². The minimum Gasteiger partial charge on any atom is -0.454 e. The Balaban J connectivity index is 2.43. The molecule has 25 heavy (non-hydrogen) atoms. The first-order chi connectivity index (χ1) is 12.2. The molecule has 0 spiro atoms. The molecule has 0 amide bonds. The number of hydrogen-bond donors (Lipinski definition) is 0. The molecule has 0 fully saturated rings. The number of anilines is 1. The highest BCUT2D eigenvalue weighted by Crippen LogP contribution is 2.40. The van der Waals surface area contributed by atoms with Crippen LogP contribution in [0.15, 0.2) is 42.5 Å². The van der Waals surface area contributed by atoms with Crippen LogP contribution < -0.4 is 9.64 Å². The van der Waals surface area contributed by atoms with E-state index in [0.717, 1.165) is 50.2 Å². The fraction of sp³-hybridized carbons (Fsp3) is 0.381. The lowest BCUT2D eigenvalue weighted by molar-refractivity contribution is 0.480. The molecule has 0 saturated carbocycles. The van der Waals surface area contributed by atoms with Crippen LogP contribution in [0.1, 0.15) is 45.1 Å². The number of hydrogen-bond acceptors (Lipinski definition) is 3. The number of rotatable bonds is 9. The van der Waals surface area contributed by atoms with Gasteiger partial charge in [-0.1, -0.05) is 56.5 Å². The van der Waals surface area contributed by atoms with Crippen LogP contribution in [0.4, 0.5) is 5.69 Å². The van der Waals surface area contributed by atoms with Gasteiger partial charge in [0.1, 0.15) is 5.75 Å². The molecular weight excluding hydrogens is 332 g/mol.